The van der Waals surface area contributed by atoms with Crippen molar-refractivity contribution >= 4 is 0 Å². The van der Waals surface area contributed by atoms with Crippen LogP contribution in [-0.4, -0.2) is 22.7 Å². The summed E-state index contributed by atoms with van der Waals surface area (Å²) in [6, 6.07) is 0.581. The molecule has 1 unspecified atom stereocenters. The zero-order chi connectivity index (χ0) is 11.8. The lowest BCUT2D eigenvalue weighted by molar-refractivity contribution is 0.375. The van der Waals surface area contributed by atoms with Gasteiger partial charge in [0.25, 0.3) is 0 Å². The first kappa shape index (κ1) is 13.2. The Morgan fingerprint density at radius 1 is 1.38 bits per heavy atom. The molecule has 92 valence electrons. The summed E-state index contributed by atoms with van der Waals surface area (Å²) >= 11 is 0. The molecule has 0 aliphatic carbocycles. The first-order chi connectivity index (χ1) is 7.76. The Morgan fingerprint density at radius 3 is 2.81 bits per heavy atom. The van der Waals surface area contributed by atoms with Crippen molar-refractivity contribution in [3.8, 4) is 0 Å². The molecule has 1 aromatic heterocycles. The van der Waals surface area contributed by atoms with Crippen LogP contribution in [0.15, 0.2) is 4.52 Å². The second kappa shape index (κ2) is 7.39. The number of nitrogens with zero attached hydrogens (tertiary/aromatic N) is 2. The molecule has 0 bridgehead atoms. The first-order valence-electron chi connectivity index (χ1n) is 6.31. The molecule has 1 aromatic rings. The highest BCUT2D eigenvalue weighted by Crippen LogP contribution is 2.01. The van der Waals surface area contributed by atoms with Crippen LogP contribution in [0.25, 0.3) is 0 Å². The lowest BCUT2D eigenvalue weighted by atomic mass is 10.1. The monoisotopic (exact) mass is 225 g/mol. The summed E-state index contributed by atoms with van der Waals surface area (Å²) < 4.78 is 5.05. The van der Waals surface area contributed by atoms with E-state index in [4.69, 9.17) is 4.52 Å². The van der Waals surface area contributed by atoms with E-state index < -0.39 is 0 Å². The van der Waals surface area contributed by atoms with Crippen molar-refractivity contribution < 1.29 is 4.52 Å². The van der Waals surface area contributed by atoms with E-state index in [-0.39, 0.29) is 0 Å². The fourth-order valence-electron chi connectivity index (χ4n) is 1.58. The normalized spacial score (nSPS) is 12.9. The minimum absolute atomic E-state index is 0.581. The van der Waals surface area contributed by atoms with Crippen LogP contribution in [0.2, 0.25) is 0 Å². The largest absolute Gasteiger partial charge is 0.339 e. The van der Waals surface area contributed by atoms with Crippen molar-refractivity contribution in [3.05, 3.63) is 11.7 Å². The van der Waals surface area contributed by atoms with E-state index in [1.54, 1.807) is 0 Å². The summed E-state index contributed by atoms with van der Waals surface area (Å²) in [7, 11) is 0. The number of rotatable bonds is 8. The molecule has 0 amide bonds. The lowest BCUT2D eigenvalue weighted by Crippen LogP contribution is -2.28. The number of nitrogens with one attached hydrogen (secondary N) is 1. The topological polar surface area (TPSA) is 51.0 Å². The van der Waals surface area contributed by atoms with Gasteiger partial charge in [-0.3, -0.25) is 0 Å². The molecule has 0 saturated carbocycles. The molecule has 16 heavy (non-hydrogen) atoms. The van der Waals surface area contributed by atoms with Gasteiger partial charge in [-0.15, -0.1) is 0 Å². The number of aromatic nitrogens is 2. The van der Waals surface area contributed by atoms with Crippen molar-refractivity contribution in [3.63, 3.8) is 0 Å². The third-order valence-electron chi connectivity index (χ3n) is 2.64. The summed E-state index contributed by atoms with van der Waals surface area (Å²) in [5, 5.41) is 7.39. The van der Waals surface area contributed by atoms with Crippen LogP contribution in [0.4, 0.5) is 0 Å². The Hall–Kier alpha value is -0.900. The number of hydrogen-bond donors (Lipinski definition) is 1. The number of aryl methyl sites for hydroxylation is 1. The van der Waals surface area contributed by atoms with E-state index in [0.717, 1.165) is 31.1 Å². The smallest absolute Gasteiger partial charge is 0.226 e. The third kappa shape index (κ3) is 4.75. The van der Waals surface area contributed by atoms with Crippen LogP contribution in [0.5, 0.6) is 0 Å². The molecule has 4 heteroatoms. The number of hydrogen-bond acceptors (Lipinski definition) is 4. The Bertz CT molecular complexity index is 286. The molecule has 1 heterocycles. The maximum atomic E-state index is 5.05. The van der Waals surface area contributed by atoms with Crippen LogP contribution in [-0.2, 0) is 12.8 Å². The van der Waals surface area contributed by atoms with Gasteiger partial charge < -0.3 is 9.84 Å². The number of unbranched alkanes of at least 4 members (excludes halogenated alkanes) is 1. The Morgan fingerprint density at radius 2 is 2.19 bits per heavy atom. The van der Waals surface area contributed by atoms with Gasteiger partial charge in [0.2, 0.25) is 5.89 Å². The van der Waals surface area contributed by atoms with Gasteiger partial charge in [-0.25, -0.2) is 0 Å². The van der Waals surface area contributed by atoms with Gasteiger partial charge >= 0.3 is 0 Å². The summed E-state index contributed by atoms with van der Waals surface area (Å²) in [5.74, 6) is 1.54. The Kier molecular flexibility index (Phi) is 6.08. The van der Waals surface area contributed by atoms with Crippen LogP contribution >= 0.6 is 0 Å². The van der Waals surface area contributed by atoms with E-state index in [0.29, 0.717) is 6.04 Å². The standard InChI is InChI=1S/C12H23N3O/c1-4-6-7-10(3)13-9-8-11-14-12(5-2)16-15-11/h10,13H,4-9H2,1-3H3. The molecule has 4 nitrogen and oxygen atoms in total. The van der Waals surface area contributed by atoms with Crippen molar-refractivity contribution in [2.24, 2.45) is 0 Å². The predicted octanol–water partition coefficient (Wildman–Crippen LogP) is 2.34. The highest BCUT2D eigenvalue weighted by atomic mass is 16.5. The molecular formula is C12H23N3O. The first-order valence-corrected chi connectivity index (χ1v) is 6.31. The molecule has 1 atom stereocenters. The average Bonchev–Trinajstić information content (AvgIpc) is 2.74. The van der Waals surface area contributed by atoms with E-state index >= 15 is 0 Å². The molecule has 0 aliphatic heterocycles. The van der Waals surface area contributed by atoms with Gasteiger partial charge in [-0.2, -0.15) is 4.98 Å². The van der Waals surface area contributed by atoms with Gasteiger partial charge in [0.15, 0.2) is 5.82 Å². The Labute approximate surface area is 97.8 Å². The predicted molar refractivity (Wildman–Crippen MR) is 64.4 cm³/mol. The summed E-state index contributed by atoms with van der Waals surface area (Å²) in [6.45, 7) is 7.39. The van der Waals surface area contributed by atoms with Crippen molar-refractivity contribution in [2.75, 3.05) is 6.54 Å². The summed E-state index contributed by atoms with van der Waals surface area (Å²) in [6.07, 6.45) is 5.45. The molecular weight excluding hydrogens is 202 g/mol. The van der Waals surface area contributed by atoms with Gasteiger partial charge in [-0.1, -0.05) is 31.8 Å². The molecule has 0 aromatic carbocycles. The van der Waals surface area contributed by atoms with E-state index in [1.165, 1.54) is 19.3 Å². The molecule has 0 spiro atoms. The lowest BCUT2D eigenvalue weighted by Gasteiger charge is -2.11. The molecule has 0 aliphatic rings. The van der Waals surface area contributed by atoms with Crippen molar-refractivity contribution in [1.82, 2.24) is 15.5 Å². The van der Waals surface area contributed by atoms with E-state index in [2.05, 4.69) is 29.3 Å². The maximum Gasteiger partial charge on any atom is 0.226 e. The van der Waals surface area contributed by atoms with Gasteiger partial charge in [0.05, 0.1) is 0 Å². The minimum Gasteiger partial charge on any atom is -0.339 e. The quantitative estimate of drug-likeness (QED) is 0.738. The van der Waals surface area contributed by atoms with Crippen molar-refractivity contribution in [2.45, 2.75) is 58.9 Å². The second-order valence-electron chi connectivity index (χ2n) is 4.21. The van der Waals surface area contributed by atoms with Gasteiger partial charge in [-0.05, 0) is 13.3 Å². The highest BCUT2D eigenvalue weighted by molar-refractivity contribution is 4.86. The maximum absolute atomic E-state index is 5.05. The fourth-order valence-corrected chi connectivity index (χ4v) is 1.58. The summed E-state index contributed by atoms with van der Waals surface area (Å²) in [5.41, 5.74) is 0. The minimum atomic E-state index is 0.581. The van der Waals surface area contributed by atoms with Gasteiger partial charge in [0.1, 0.15) is 0 Å². The van der Waals surface area contributed by atoms with Gasteiger partial charge in [0, 0.05) is 25.4 Å². The van der Waals surface area contributed by atoms with Crippen LogP contribution in [0, 0.1) is 0 Å². The van der Waals surface area contributed by atoms with E-state index in [9.17, 15) is 0 Å². The zero-order valence-electron chi connectivity index (χ0n) is 10.6. The molecule has 1 N–H and O–H groups in total. The summed E-state index contributed by atoms with van der Waals surface area (Å²) in [4.78, 5) is 4.27. The highest BCUT2D eigenvalue weighted by Gasteiger charge is 2.05. The molecule has 0 fully saturated rings. The average molecular weight is 225 g/mol. The molecule has 1 rings (SSSR count). The van der Waals surface area contributed by atoms with Crippen LogP contribution in [0.3, 0.4) is 0 Å². The van der Waals surface area contributed by atoms with Crippen LogP contribution < -0.4 is 5.32 Å². The third-order valence-corrected chi connectivity index (χ3v) is 2.64. The van der Waals surface area contributed by atoms with E-state index in [1.807, 2.05) is 6.92 Å². The Balaban J connectivity index is 2.14. The second-order valence-corrected chi connectivity index (χ2v) is 4.21. The fraction of sp³-hybridized carbons (Fsp3) is 0.833. The SMILES string of the molecule is CCCCC(C)NCCc1noc(CC)n1. The van der Waals surface area contributed by atoms with Crippen molar-refractivity contribution in [1.29, 1.82) is 0 Å². The molecule has 0 saturated heterocycles. The zero-order valence-corrected chi connectivity index (χ0v) is 10.6. The molecule has 0 radical (unpaired) electrons. The van der Waals surface area contributed by atoms with Crippen LogP contribution in [0.1, 0.15) is 51.7 Å².